The van der Waals surface area contributed by atoms with Crippen molar-refractivity contribution in [1.29, 1.82) is 0 Å². The standard InChI is InChI=1S/C18H31NO2/c1-5-7-15(3)14-21-18(13-19-12-6-2)16-8-10-17(20-4)11-9-16/h8-11,15,18-19H,5-7,12-14H2,1-4H3. The Bertz CT molecular complexity index is 364. The molecule has 3 nitrogen and oxygen atoms in total. The highest BCUT2D eigenvalue weighted by atomic mass is 16.5. The van der Waals surface area contributed by atoms with E-state index in [1.165, 1.54) is 18.4 Å². The Kier molecular flexibility index (Phi) is 9.11. The molecule has 120 valence electrons. The van der Waals surface area contributed by atoms with Gasteiger partial charge in [-0.3, -0.25) is 0 Å². The predicted octanol–water partition coefficient (Wildman–Crippen LogP) is 4.19. The molecule has 0 aliphatic rings. The fraction of sp³-hybridized carbons (Fsp3) is 0.667. The zero-order valence-corrected chi connectivity index (χ0v) is 14.0. The number of ether oxygens (including phenoxy) is 2. The summed E-state index contributed by atoms with van der Waals surface area (Å²) >= 11 is 0. The highest BCUT2D eigenvalue weighted by molar-refractivity contribution is 5.28. The number of hydrogen-bond donors (Lipinski definition) is 1. The largest absolute Gasteiger partial charge is 0.497 e. The lowest BCUT2D eigenvalue weighted by Gasteiger charge is -2.21. The van der Waals surface area contributed by atoms with Crippen LogP contribution in [0.3, 0.4) is 0 Å². The molecule has 0 heterocycles. The van der Waals surface area contributed by atoms with Crippen molar-refractivity contribution in [3.63, 3.8) is 0 Å². The molecule has 0 saturated heterocycles. The third-order valence-corrected chi connectivity index (χ3v) is 3.61. The summed E-state index contributed by atoms with van der Waals surface area (Å²) < 4.78 is 11.4. The zero-order chi connectivity index (χ0) is 15.5. The van der Waals surface area contributed by atoms with Gasteiger partial charge in [-0.25, -0.2) is 0 Å². The van der Waals surface area contributed by atoms with Crippen LogP contribution >= 0.6 is 0 Å². The minimum atomic E-state index is 0.113. The van der Waals surface area contributed by atoms with E-state index in [0.717, 1.165) is 31.9 Å². The van der Waals surface area contributed by atoms with Crippen molar-refractivity contribution in [1.82, 2.24) is 5.32 Å². The Labute approximate surface area is 130 Å². The SMILES string of the molecule is CCCNCC(OCC(C)CCC)c1ccc(OC)cc1. The van der Waals surface area contributed by atoms with Gasteiger partial charge < -0.3 is 14.8 Å². The van der Waals surface area contributed by atoms with Gasteiger partial charge in [0.2, 0.25) is 0 Å². The van der Waals surface area contributed by atoms with Gasteiger partial charge in [0.05, 0.1) is 19.8 Å². The molecule has 1 aromatic carbocycles. The smallest absolute Gasteiger partial charge is 0.118 e. The van der Waals surface area contributed by atoms with Crippen molar-refractivity contribution in [2.45, 2.75) is 46.1 Å². The van der Waals surface area contributed by atoms with Crippen LogP contribution in [0.4, 0.5) is 0 Å². The molecule has 1 N–H and O–H groups in total. The molecule has 21 heavy (non-hydrogen) atoms. The van der Waals surface area contributed by atoms with E-state index >= 15 is 0 Å². The van der Waals surface area contributed by atoms with E-state index in [4.69, 9.17) is 9.47 Å². The number of rotatable bonds is 11. The van der Waals surface area contributed by atoms with E-state index in [1.54, 1.807) is 7.11 Å². The Hall–Kier alpha value is -1.06. The van der Waals surface area contributed by atoms with E-state index in [0.29, 0.717) is 5.92 Å². The summed E-state index contributed by atoms with van der Waals surface area (Å²) in [6.45, 7) is 9.37. The summed E-state index contributed by atoms with van der Waals surface area (Å²) in [6.07, 6.45) is 3.69. The molecule has 0 amide bonds. The maximum Gasteiger partial charge on any atom is 0.118 e. The predicted molar refractivity (Wildman–Crippen MR) is 88.9 cm³/mol. The molecule has 0 spiro atoms. The first-order chi connectivity index (χ1) is 10.2. The molecule has 0 fully saturated rings. The monoisotopic (exact) mass is 293 g/mol. The minimum Gasteiger partial charge on any atom is -0.497 e. The summed E-state index contributed by atoms with van der Waals surface area (Å²) in [5.74, 6) is 1.50. The molecule has 2 unspecified atom stereocenters. The van der Waals surface area contributed by atoms with Gasteiger partial charge in [0.25, 0.3) is 0 Å². The molecule has 3 heteroatoms. The first kappa shape index (κ1) is 18.0. The van der Waals surface area contributed by atoms with Crippen molar-refractivity contribution in [3.05, 3.63) is 29.8 Å². The van der Waals surface area contributed by atoms with Crippen molar-refractivity contribution in [3.8, 4) is 5.75 Å². The minimum absolute atomic E-state index is 0.113. The normalized spacial score (nSPS) is 13.9. The second-order valence-electron chi connectivity index (χ2n) is 5.69. The zero-order valence-electron chi connectivity index (χ0n) is 14.0. The van der Waals surface area contributed by atoms with Crippen LogP contribution in [0, 0.1) is 5.92 Å². The maximum atomic E-state index is 6.16. The van der Waals surface area contributed by atoms with Crippen molar-refractivity contribution in [2.24, 2.45) is 5.92 Å². The van der Waals surface area contributed by atoms with E-state index in [2.05, 4.69) is 38.2 Å². The van der Waals surface area contributed by atoms with Crippen LogP contribution in [0.25, 0.3) is 0 Å². The molecule has 2 atom stereocenters. The summed E-state index contributed by atoms with van der Waals surface area (Å²) in [7, 11) is 1.69. The summed E-state index contributed by atoms with van der Waals surface area (Å²) in [5.41, 5.74) is 1.21. The molecular weight excluding hydrogens is 262 g/mol. The second kappa shape index (κ2) is 10.6. The van der Waals surface area contributed by atoms with Gasteiger partial charge in [-0.2, -0.15) is 0 Å². The van der Waals surface area contributed by atoms with Gasteiger partial charge >= 0.3 is 0 Å². The second-order valence-corrected chi connectivity index (χ2v) is 5.69. The molecule has 0 bridgehead atoms. The maximum absolute atomic E-state index is 6.16. The van der Waals surface area contributed by atoms with E-state index in [-0.39, 0.29) is 6.10 Å². The van der Waals surface area contributed by atoms with Crippen LogP contribution in [0.2, 0.25) is 0 Å². The Balaban J connectivity index is 2.61. The Morgan fingerprint density at radius 2 is 1.81 bits per heavy atom. The van der Waals surface area contributed by atoms with Crippen molar-refractivity contribution in [2.75, 3.05) is 26.8 Å². The lowest BCUT2D eigenvalue weighted by molar-refractivity contribution is 0.0300. The number of hydrogen-bond acceptors (Lipinski definition) is 3. The Morgan fingerprint density at radius 3 is 2.38 bits per heavy atom. The average molecular weight is 293 g/mol. The van der Waals surface area contributed by atoms with Crippen LogP contribution in [-0.2, 0) is 4.74 Å². The van der Waals surface area contributed by atoms with Crippen LogP contribution < -0.4 is 10.1 Å². The molecule has 0 radical (unpaired) electrons. The molecule has 0 saturated carbocycles. The van der Waals surface area contributed by atoms with Crippen LogP contribution in [0.15, 0.2) is 24.3 Å². The lowest BCUT2D eigenvalue weighted by atomic mass is 10.1. The van der Waals surface area contributed by atoms with Gasteiger partial charge in [-0.1, -0.05) is 39.3 Å². The van der Waals surface area contributed by atoms with Crippen LogP contribution in [0.1, 0.15) is 51.7 Å². The third kappa shape index (κ3) is 6.96. The molecule has 0 aliphatic heterocycles. The fourth-order valence-electron chi connectivity index (χ4n) is 2.36. The molecule has 0 aromatic heterocycles. The highest BCUT2D eigenvalue weighted by Crippen LogP contribution is 2.21. The van der Waals surface area contributed by atoms with Gasteiger partial charge in [-0.05, 0) is 43.0 Å². The lowest BCUT2D eigenvalue weighted by Crippen LogP contribution is -2.25. The summed E-state index contributed by atoms with van der Waals surface area (Å²) in [6, 6.07) is 8.20. The van der Waals surface area contributed by atoms with Gasteiger partial charge in [0.1, 0.15) is 5.75 Å². The van der Waals surface area contributed by atoms with Gasteiger partial charge in [0.15, 0.2) is 0 Å². The van der Waals surface area contributed by atoms with E-state index in [9.17, 15) is 0 Å². The number of benzene rings is 1. The molecular formula is C18H31NO2. The molecule has 1 aromatic rings. The van der Waals surface area contributed by atoms with Gasteiger partial charge in [-0.15, -0.1) is 0 Å². The highest BCUT2D eigenvalue weighted by Gasteiger charge is 2.13. The average Bonchev–Trinajstić information content (AvgIpc) is 2.51. The third-order valence-electron chi connectivity index (χ3n) is 3.61. The number of nitrogens with one attached hydrogen (secondary N) is 1. The van der Waals surface area contributed by atoms with Crippen molar-refractivity contribution < 1.29 is 9.47 Å². The van der Waals surface area contributed by atoms with E-state index in [1.807, 2.05) is 12.1 Å². The molecule has 1 rings (SSSR count). The van der Waals surface area contributed by atoms with Crippen molar-refractivity contribution >= 4 is 0 Å². The van der Waals surface area contributed by atoms with E-state index < -0.39 is 0 Å². The van der Waals surface area contributed by atoms with Crippen LogP contribution in [-0.4, -0.2) is 26.8 Å². The van der Waals surface area contributed by atoms with Crippen LogP contribution in [0.5, 0.6) is 5.75 Å². The Morgan fingerprint density at radius 1 is 1.10 bits per heavy atom. The van der Waals surface area contributed by atoms with Gasteiger partial charge in [0, 0.05) is 6.54 Å². The number of methoxy groups -OCH3 is 1. The topological polar surface area (TPSA) is 30.5 Å². The molecule has 0 aliphatic carbocycles. The quantitative estimate of drug-likeness (QED) is 0.621. The first-order valence-corrected chi connectivity index (χ1v) is 8.17. The fourth-order valence-corrected chi connectivity index (χ4v) is 2.36. The first-order valence-electron chi connectivity index (χ1n) is 8.17. The summed E-state index contributed by atoms with van der Waals surface area (Å²) in [5, 5.41) is 3.46. The summed E-state index contributed by atoms with van der Waals surface area (Å²) in [4.78, 5) is 0.